The lowest BCUT2D eigenvalue weighted by molar-refractivity contribution is 0.0600. The number of aromatic nitrogens is 1. The average Bonchev–Trinajstić information content (AvgIpc) is 3.00. The fourth-order valence-electron chi connectivity index (χ4n) is 3.56. The number of ketones is 1. The van der Waals surface area contributed by atoms with Gasteiger partial charge in [0.2, 0.25) is 0 Å². The van der Waals surface area contributed by atoms with Crippen LogP contribution in [0.25, 0.3) is 10.9 Å². The molecule has 0 saturated carbocycles. The van der Waals surface area contributed by atoms with Crippen LogP contribution < -0.4 is 0 Å². The van der Waals surface area contributed by atoms with Crippen molar-refractivity contribution in [2.75, 3.05) is 7.11 Å². The molecule has 0 aliphatic carbocycles. The van der Waals surface area contributed by atoms with Gasteiger partial charge in [0.1, 0.15) is 0 Å². The summed E-state index contributed by atoms with van der Waals surface area (Å²) in [5.41, 5.74) is 3.94. The highest BCUT2D eigenvalue weighted by Gasteiger charge is 2.24. The first-order valence-corrected chi connectivity index (χ1v) is 9.77. The summed E-state index contributed by atoms with van der Waals surface area (Å²) in [5, 5.41) is 1.53. The van der Waals surface area contributed by atoms with E-state index in [-0.39, 0.29) is 11.7 Å². The molecule has 0 spiro atoms. The van der Waals surface area contributed by atoms with E-state index in [0.717, 1.165) is 27.7 Å². The van der Waals surface area contributed by atoms with Gasteiger partial charge < -0.3 is 9.30 Å². The fraction of sp³-hybridized carbons (Fsp3) is 0.304. The SMILES string of the molecule is CCc1c(C(=O)C(C)C)c2ccc(C(=O)OC)cc2n1Cc1ccccc1Cl. The maximum atomic E-state index is 13.0. The smallest absolute Gasteiger partial charge is 0.337 e. The van der Waals surface area contributed by atoms with Crippen molar-refractivity contribution in [3.63, 3.8) is 0 Å². The molecule has 4 nitrogen and oxygen atoms in total. The molecule has 0 aliphatic rings. The largest absolute Gasteiger partial charge is 0.465 e. The van der Waals surface area contributed by atoms with E-state index in [1.807, 2.05) is 51.1 Å². The average molecular weight is 398 g/mol. The Kier molecular flexibility index (Phi) is 5.90. The molecular weight excluding hydrogens is 374 g/mol. The Labute approximate surface area is 170 Å². The van der Waals surface area contributed by atoms with Crippen LogP contribution in [0, 0.1) is 5.92 Å². The summed E-state index contributed by atoms with van der Waals surface area (Å²) in [6, 6.07) is 13.0. The van der Waals surface area contributed by atoms with Crippen molar-refractivity contribution in [1.29, 1.82) is 0 Å². The Morgan fingerprint density at radius 1 is 1.14 bits per heavy atom. The number of carbonyl (C=O) groups is 2. The third-order valence-corrected chi connectivity index (χ3v) is 5.35. The summed E-state index contributed by atoms with van der Waals surface area (Å²) in [7, 11) is 1.36. The number of rotatable bonds is 6. The molecule has 0 amide bonds. The van der Waals surface area contributed by atoms with E-state index >= 15 is 0 Å². The molecule has 28 heavy (non-hydrogen) atoms. The maximum Gasteiger partial charge on any atom is 0.337 e. The first-order valence-electron chi connectivity index (χ1n) is 9.40. The minimum atomic E-state index is -0.401. The molecule has 0 fully saturated rings. The fourth-order valence-corrected chi connectivity index (χ4v) is 3.75. The number of esters is 1. The number of methoxy groups -OCH3 is 1. The summed E-state index contributed by atoms with van der Waals surface area (Å²) < 4.78 is 6.97. The van der Waals surface area contributed by atoms with Gasteiger partial charge in [0.05, 0.1) is 18.2 Å². The minimum absolute atomic E-state index is 0.102. The maximum absolute atomic E-state index is 13.0. The quantitative estimate of drug-likeness (QED) is 0.405. The molecule has 0 atom stereocenters. The van der Waals surface area contributed by atoms with Crippen molar-refractivity contribution in [3.8, 4) is 0 Å². The second kappa shape index (κ2) is 8.19. The van der Waals surface area contributed by atoms with E-state index in [4.69, 9.17) is 16.3 Å². The molecule has 2 aromatic carbocycles. The third kappa shape index (κ3) is 3.57. The number of nitrogens with zero attached hydrogens (tertiary/aromatic N) is 1. The van der Waals surface area contributed by atoms with Crippen LogP contribution in [0.3, 0.4) is 0 Å². The van der Waals surface area contributed by atoms with Gasteiger partial charge >= 0.3 is 5.97 Å². The van der Waals surface area contributed by atoms with Crippen molar-refractivity contribution in [3.05, 3.63) is 69.9 Å². The molecule has 146 valence electrons. The number of benzene rings is 2. The lowest BCUT2D eigenvalue weighted by Gasteiger charge is -2.13. The van der Waals surface area contributed by atoms with Gasteiger partial charge in [-0.25, -0.2) is 4.79 Å². The predicted molar refractivity (Wildman–Crippen MR) is 112 cm³/mol. The van der Waals surface area contributed by atoms with E-state index in [0.29, 0.717) is 23.6 Å². The first kappa shape index (κ1) is 20.2. The van der Waals surface area contributed by atoms with Gasteiger partial charge in [-0.05, 0) is 30.2 Å². The zero-order chi connectivity index (χ0) is 20.4. The molecule has 1 heterocycles. The second-order valence-corrected chi connectivity index (χ2v) is 7.50. The zero-order valence-corrected chi connectivity index (χ0v) is 17.3. The Bertz CT molecular complexity index is 1050. The molecule has 1 aromatic heterocycles. The Balaban J connectivity index is 2.30. The minimum Gasteiger partial charge on any atom is -0.465 e. The Morgan fingerprint density at radius 2 is 1.86 bits per heavy atom. The van der Waals surface area contributed by atoms with Crippen molar-refractivity contribution in [1.82, 2.24) is 4.57 Å². The first-order chi connectivity index (χ1) is 13.4. The summed E-state index contributed by atoms with van der Waals surface area (Å²) in [6.07, 6.45) is 0.695. The lowest BCUT2D eigenvalue weighted by Crippen LogP contribution is -2.12. The van der Waals surface area contributed by atoms with Crippen LogP contribution in [-0.2, 0) is 17.7 Å². The van der Waals surface area contributed by atoms with Crippen molar-refractivity contribution < 1.29 is 14.3 Å². The van der Waals surface area contributed by atoms with E-state index in [1.165, 1.54) is 7.11 Å². The molecular formula is C23H24ClNO3. The second-order valence-electron chi connectivity index (χ2n) is 7.10. The summed E-state index contributed by atoms with van der Waals surface area (Å²) in [5.74, 6) is -0.419. The predicted octanol–water partition coefficient (Wildman–Crippen LogP) is 5.53. The number of ether oxygens (including phenoxy) is 1. The molecule has 0 N–H and O–H groups in total. The van der Waals surface area contributed by atoms with E-state index in [1.54, 1.807) is 12.1 Å². The summed E-state index contributed by atoms with van der Waals surface area (Å²) in [6.45, 7) is 6.37. The highest BCUT2D eigenvalue weighted by atomic mass is 35.5. The standard InChI is InChI=1S/C23H24ClNO3/c1-5-19-21(22(26)14(2)3)17-11-10-15(23(27)28-4)12-20(17)25(19)13-16-8-6-7-9-18(16)24/h6-12,14H,5,13H2,1-4H3. The van der Waals surface area contributed by atoms with Gasteiger partial charge in [0.15, 0.2) is 5.78 Å². The number of carbonyl (C=O) groups excluding carboxylic acids is 2. The molecule has 0 unspecified atom stereocenters. The Hall–Kier alpha value is -2.59. The highest BCUT2D eigenvalue weighted by Crippen LogP contribution is 2.32. The Morgan fingerprint density at radius 3 is 2.46 bits per heavy atom. The number of hydrogen-bond donors (Lipinski definition) is 0. The van der Waals surface area contributed by atoms with Gasteiger partial charge in [-0.1, -0.05) is 56.6 Å². The number of halogens is 1. The van der Waals surface area contributed by atoms with Crippen LogP contribution in [0.5, 0.6) is 0 Å². The van der Waals surface area contributed by atoms with Crippen molar-refractivity contribution >= 4 is 34.3 Å². The van der Waals surface area contributed by atoms with Gasteiger partial charge in [0.25, 0.3) is 0 Å². The van der Waals surface area contributed by atoms with Crippen LogP contribution in [-0.4, -0.2) is 23.4 Å². The highest BCUT2D eigenvalue weighted by molar-refractivity contribution is 6.31. The molecule has 0 radical (unpaired) electrons. The van der Waals surface area contributed by atoms with Crippen LogP contribution in [0.4, 0.5) is 0 Å². The molecule has 0 aliphatic heterocycles. The summed E-state index contributed by atoms with van der Waals surface area (Å²) >= 11 is 6.39. The molecule has 5 heteroatoms. The van der Waals surface area contributed by atoms with E-state index in [9.17, 15) is 9.59 Å². The van der Waals surface area contributed by atoms with Gasteiger partial charge in [0, 0.05) is 34.1 Å². The van der Waals surface area contributed by atoms with Gasteiger partial charge in [-0.15, -0.1) is 0 Å². The van der Waals surface area contributed by atoms with Crippen molar-refractivity contribution in [2.45, 2.75) is 33.7 Å². The lowest BCUT2D eigenvalue weighted by atomic mass is 9.97. The van der Waals surface area contributed by atoms with Gasteiger partial charge in [-0.3, -0.25) is 4.79 Å². The molecule has 0 saturated heterocycles. The van der Waals surface area contributed by atoms with E-state index < -0.39 is 5.97 Å². The van der Waals surface area contributed by atoms with Crippen LogP contribution in [0.2, 0.25) is 5.02 Å². The van der Waals surface area contributed by atoms with Gasteiger partial charge in [-0.2, -0.15) is 0 Å². The zero-order valence-electron chi connectivity index (χ0n) is 16.6. The van der Waals surface area contributed by atoms with Crippen molar-refractivity contribution in [2.24, 2.45) is 5.92 Å². The number of Topliss-reactive ketones (excluding diaryl/α,β-unsaturated/α-hetero) is 1. The number of fused-ring (bicyclic) bond motifs is 1. The molecule has 3 rings (SSSR count). The topological polar surface area (TPSA) is 48.3 Å². The summed E-state index contributed by atoms with van der Waals surface area (Å²) in [4.78, 5) is 25.1. The normalized spacial score (nSPS) is 11.2. The molecule has 0 bridgehead atoms. The number of hydrogen-bond acceptors (Lipinski definition) is 3. The molecule has 3 aromatic rings. The van der Waals surface area contributed by atoms with E-state index in [2.05, 4.69) is 4.57 Å². The van der Waals surface area contributed by atoms with Crippen LogP contribution in [0.1, 0.15) is 52.7 Å². The van der Waals surface area contributed by atoms with Crippen LogP contribution >= 0.6 is 11.6 Å². The van der Waals surface area contributed by atoms with Crippen LogP contribution in [0.15, 0.2) is 42.5 Å². The monoisotopic (exact) mass is 397 g/mol. The third-order valence-electron chi connectivity index (χ3n) is 4.99.